The van der Waals surface area contributed by atoms with Gasteiger partial charge in [0.25, 0.3) is 0 Å². The number of nitrogens with zero attached hydrogens (tertiary/aromatic N) is 1. The Bertz CT molecular complexity index is 572. The lowest BCUT2D eigenvalue weighted by molar-refractivity contribution is 0.263. The summed E-state index contributed by atoms with van der Waals surface area (Å²) in [6.45, 7) is 6.22. The van der Waals surface area contributed by atoms with Gasteiger partial charge in [0, 0.05) is 10.9 Å². The molecule has 0 N–H and O–H groups in total. The predicted octanol–water partition coefficient (Wildman–Crippen LogP) is 4.82. The predicted molar refractivity (Wildman–Crippen MR) is 77.2 cm³/mol. The van der Waals surface area contributed by atoms with Crippen molar-refractivity contribution in [3.05, 3.63) is 34.2 Å². The van der Waals surface area contributed by atoms with Crippen molar-refractivity contribution in [2.24, 2.45) is 5.92 Å². The van der Waals surface area contributed by atoms with Gasteiger partial charge in [-0.15, -0.1) is 11.3 Å². The smallest absolute Gasteiger partial charge is 0.190 e. The van der Waals surface area contributed by atoms with Gasteiger partial charge < -0.3 is 4.74 Å². The van der Waals surface area contributed by atoms with Crippen LogP contribution in [0.1, 0.15) is 25.3 Å². The minimum Gasteiger partial charge on any atom is -0.488 e. The van der Waals surface area contributed by atoms with Crippen molar-refractivity contribution in [2.75, 3.05) is 6.61 Å². The number of aromatic nitrogens is 1. The molecule has 0 bridgehead atoms. The number of thiazole rings is 1. The lowest BCUT2D eigenvalue weighted by Crippen LogP contribution is -2.04. The standard InChI is InChI=1S/C15H17F2NOS/c1-9(2)4-5-19-15-12(16)6-11(7-13(15)17)14-8-20-10(3)18-14/h6-9H,4-5H2,1-3H3. The summed E-state index contributed by atoms with van der Waals surface area (Å²) in [5.74, 6) is -1.25. The molecule has 1 aromatic carbocycles. The van der Waals surface area contributed by atoms with E-state index in [-0.39, 0.29) is 5.75 Å². The molecule has 2 rings (SSSR count). The molecule has 0 atom stereocenters. The third-order valence-corrected chi connectivity index (χ3v) is 3.63. The minimum absolute atomic E-state index is 0.304. The first kappa shape index (κ1) is 14.9. The molecule has 20 heavy (non-hydrogen) atoms. The number of aryl methyl sites for hydroxylation is 1. The number of hydrogen-bond acceptors (Lipinski definition) is 3. The maximum absolute atomic E-state index is 13.9. The van der Waals surface area contributed by atoms with Gasteiger partial charge in [0.15, 0.2) is 17.4 Å². The van der Waals surface area contributed by atoms with E-state index in [1.807, 2.05) is 20.8 Å². The van der Waals surface area contributed by atoms with E-state index in [9.17, 15) is 8.78 Å². The summed E-state index contributed by atoms with van der Waals surface area (Å²) in [6, 6.07) is 2.53. The first-order valence-corrected chi connectivity index (χ1v) is 7.39. The van der Waals surface area contributed by atoms with Crippen LogP contribution < -0.4 is 4.74 Å². The summed E-state index contributed by atoms with van der Waals surface area (Å²) in [6.07, 6.45) is 0.756. The Morgan fingerprint density at radius 1 is 1.25 bits per heavy atom. The van der Waals surface area contributed by atoms with Crippen molar-refractivity contribution in [1.82, 2.24) is 4.98 Å². The number of ether oxygens (including phenoxy) is 1. The molecule has 1 heterocycles. The Labute approximate surface area is 121 Å². The topological polar surface area (TPSA) is 22.1 Å². The molecule has 2 nitrogen and oxygen atoms in total. The van der Waals surface area contributed by atoms with Gasteiger partial charge in [-0.25, -0.2) is 13.8 Å². The van der Waals surface area contributed by atoms with Gasteiger partial charge in [-0.1, -0.05) is 13.8 Å². The highest BCUT2D eigenvalue weighted by molar-refractivity contribution is 7.09. The van der Waals surface area contributed by atoms with Crippen molar-refractivity contribution >= 4 is 11.3 Å². The van der Waals surface area contributed by atoms with E-state index in [0.717, 1.165) is 11.4 Å². The average molecular weight is 297 g/mol. The quantitative estimate of drug-likeness (QED) is 0.789. The van der Waals surface area contributed by atoms with Gasteiger partial charge in [0.05, 0.1) is 17.3 Å². The van der Waals surface area contributed by atoms with Crippen molar-refractivity contribution in [1.29, 1.82) is 0 Å². The maximum Gasteiger partial charge on any atom is 0.190 e. The Hall–Kier alpha value is -1.49. The molecule has 0 radical (unpaired) electrons. The summed E-state index contributed by atoms with van der Waals surface area (Å²) >= 11 is 1.44. The molecular weight excluding hydrogens is 280 g/mol. The van der Waals surface area contributed by atoms with Gasteiger partial charge in [0.2, 0.25) is 0 Å². The SMILES string of the molecule is Cc1nc(-c2cc(F)c(OCCC(C)C)c(F)c2)cs1. The van der Waals surface area contributed by atoms with Gasteiger partial charge in [-0.2, -0.15) is 0 Å². The lowest BCUT2D eigenvalue weighted by atomic mass is 10.1. The van der Waals surface area contributed by atoms with Crippen LogP contribution in [0.5, 0.6) is 5.75 Å². The third-order valence-electron chi connectivity index (χ3n) is 2.85. The largest absolute Gasteiger partial charge is 0.488 e. The average Bonchev–Trinajstić information content (AvgIpc) is 2.79. The fraction of sp³-hybridized carbons (Fsp3) is 0.400. The second-order valence-corrected chi connectivity index (χ2v) is 6.11. The van der Waals surface area contributed by atoms with Crippen LogP contribution in [0, 0.1) is 24.5 Å². The molecule has 0 saturated heterocycles. The summed E-state index contributed by atoms with van der Waals surface area (Å²) in [7, 11) is 0. The fourth-order valence-corrected chi connectivity index (χ4v) is 2.36. The van der Waals surface area contributed by atoms with Gasteiger partial charge >= 0.3 is 0 Å². The van der Waals surface area contributed by atoms with Crippen LogP contribution in [-0.2, 0) is 0 Å². The molecular formula is C15H17F2NOS. The zero-order chi connectivity index (χ0) is 14.7. The highest BCUT2D eigenvalue weighted by Crippen LogP contribution is 2.29. The van der Waals surface area contributed by atoms with Crippen molar-refractivity contribution in [3.63, 3.8) is 0 Å². The van der Waals surface area contributed by atoms with Crippen molar-refractivity contribution in [3.8, 4) is 17.0 Å². The van der Waals surface area contributed by atoms with Crippen LogP contribution >= 0.6 is 11.3 Å². The molecule has 0 unspecified atom stereocenters. The monoisotopic (exact) mass is 297 g/mol. The van der Waals surface area contributed by atoms with E-state index in [4.69, 9.17) is 4.74 Å². The molecule has 0 fully saturated rings. The maximum atomic E-state index is 13.9. The number of hydrogen-bond donors (Lipinski definition) is 0. The molecule has 0 amide bonds. The molecule has 2 aromatic rings. The summed E-state index contributed by atoms with van der Waals surface area (Å²) in [5, 5.41) is 2.64. The Balaban J connectivity index is 2.20. The van der Waals surface area contributed by atoms with E-state index in [2.05, 4.69) is 4.98 Å². The van der Waals surface area contributed by atoms with Gasteiger partial charge in [-0.05, 0) is 31.4 Å². The lowest BCUT2D eigenvalue weighted by Gasteiger charge is -2.10. The van der Waals surface area contributed by atoms with Crippen LogP contribution in [0.2, 0.25) is 0 Å². The van der Waals surface area contributed by atoms with Crippen molar-refractivity contribution < 1.29 is 13.5 Å². The van der Waals surface area contributed by atoms with E-state index >= 15 is 0 Å². The van der Waals surface area contributed by atoms with E-state index in [0.29, 0.717) is 23.8 Å². The second kappa shape index (κ2) is 6.31. The first-order valence-electron chi connectivity index (χ1n) is 6.51. The van der Waals surface area contributed by atoms with Crippen molar-refractivity contribution in [2.45, 2.75) is 27.2 Å². The Morgan fingerprint density at radius 3 is 2.40 bits per heavy atom. The second-order valence-electron chi connectivity index (χ2n) is 5.05. The molecule has 0 aliphatic heterocycles. The molecule has 0 saturated carbocycles. The van der Waals surface area contributed by atoms with Crippen LogP contribution in [0.25, 0.3) is 11.3 Å². The molecule has 0 aliphatic rings. The Morgan fingerprint density at radius 2 is 1.90 bits per heavy atom. The Kier molecular flexibility index (Phi) is 4.70. The molecule has 0 aliphatic carbocycles. The number of benzene rings is 1. The summed E-state index contributed by atoms with van der Waals surface area (Å²) in [5.41, 5.74) is 1.01. The fourth-order valence-electron chi connectivity index (χ4n) is 1.74. The molecule has 1 aromatic heterocycles. The number of rotatable bonds is 5. The summed E-state index contributed by atoms with van der Waals surface area (Å²) in [4.78, 5) is 4.22. The molecule has 108 valence electrons. The van der Waals surface area contributed by atoms with Crippen LogP contribution in [0.15, 0.2) is 17.5 Å². The van der Waals surface area contributed by atoms with Gasteiger partial charge in [-0.3, -0.25) is 0 Å². The van der Waals surface area contributed by atoms with E-state index < -0.39 is 11.6 Å². The first-order chi connectivity index (χ1) is 9.47. The van der Waals surface area contributed by atoms with Crippen LogP contribution in [0.4, 0.5) is 8.78 Å². The highest BCUT2D eigenvalue weighted by Gasteiger charge is 2.15. The highest BCUT2D eigenvalue weighted by atomic mass is 32.1. The zero-order valence-electron chi connectivity index (χ0n) is 11.7. The minimum atomic E-state index is -0.686. The zero-order valence-corrected chi connectivity index (χ0v) is 12.6. The molecule has 5 heteroatoms. The van der Waals surface area contributed by atoms with Gasteiger partial charge in [0.1, 0.15) is 0 Å². The van der Waals surface area contributed by atoms with E-state index in [1.165, 1.54) is 23.5 Å². The van der Waals surface area contributed by atoms with E-state index in [1.54, 1.807) is 5.38 Å². The normalized spacial score (nSPS) is 11.1. The summed E-state index contributed by atoms with van der Waals surface area (Å²) < 4.78 is 33.1. The molecule has 0 spiro atoms. The van der Waals surface area contributed by atoms with Crippen LogP contribution in [-0.4, -0.2) is 11.6 Å². The van der Waals surface area contributed by atoms with Crippen LogP contribution in [0.3, 0.4) is 0 Å². The number of halogens is 2. The third kappa shape index (κ3) is 3.54.